The predicted octanol–water partition coefficient (Wildman–Crippen LogP) is 1.65. The summed E-state index contributed by atoms with van der Waals surface area (Å²) >= 11 is 0. The Bertz CT molecular complexity index is 813. The van der Waals surface area contributed by atoms with Crippen LogP contribution in [0.3, 0.4) is 0 Å². The fourth-order valence-electron chi connectivity index (χ4n) is 7.41. The third-order valence-corrected chi connectivity index (χ3v) is 8.73. The van der Waals surface area contributed by atoms with Crippen LogP contribution in [0.15, 0.2) is 11.3 Å². The number of ether oxygens (including phenoxy) is 2. The molecule has 0 radical (unpaired) electrons. The molecule has 0 spiro atoms. The van der Waals surface area contributed by atoms with Gasteiger partial charge in [0.2, 0.25) is 5.78 Å². The number of aliphatic hydroxyl groups is 1. The lowest BCUT2D eigenvalue weighted by Crippen LogP contribution is -2.70. The van der Waals surface area contributed by atoms with E-state index in [4.69, 9.17) is 9.47 Å². The van der Waals surface area contributed by atoms with Crippen molar-refractivity contribution in [1.82, 2.24) is 0 Å². The summed E-state index contributed by atoms with van der Waals surface area (Å²) in [7, 11) is 1.47. The molecule has 27 heavy (non-hydrogen) atoms. The van der Waals surface area contributed by atoms with E-state index in [2.05, 4.69) is 0 Å². The molecular weight excluding hydrogens is 348 g/mol. The van der Waals surface area contributed by atoms with Crippen LogP contribution in [0, 0.1) is 40.4 Å². The first-order valence-electron chi connectivity index (χ1n) is 9.88. The van der Waals surface area contributed by atoms with Crippen molar-refractivity contribution in [3.63, 3.8) is 0 Å². The molecular formula is C21H26O6. The van der Waals surface area contributed by atoms with Crippen molar-refractivity contribution in [3.8, 4) is 0 Å². The molecule has 0 amide bonds. The average molecular weight is 374 g/mol. The van der Waals surface area contributed by atoms with Gasteiger partial charge in [0.15, 0.2) is 11.5 Å². The molecule has 1 N–H and O–H groups in total. The highest BCUT2D eigenvalue weighted by Crippen LogP contribution is 2.71. The summed E-state index contributed by atoms with van der Waals surface area (Å²) < 4.78 is 11.3. The van der Waals surface area contributed by atoms with E-state index in [9.17, 15) is 19.5 Å². The Morgan fingerprint density at radius 2 is 1.85 bits per heavy atom. The molecule has 5 rings (SSSR count). The summed E-state index contributed by atoms with van der Waals surface area (Å²) in [4.78, 5) is 39.3. The van der Waals surface area contributed by atoms with Crippen LogP contribution < -0.4 is 0 Å². The second-order valence-electron chi connectivity index (χ2n) is 9.61. The van der Waals surface area contributed by atoms with E-state index in [0.29, 0.717) is 6.42 Å². The molecule has 1 heterocycles. The third kappa shape index (κ3) is 1.79. The first kappa shape index (κ1) is 17.4. The summed E-state index contributed by atoms with van der Waals surface area (Å²) in [6.45, 7) is 5.71. The zero-order chi connectivity index (χ0) is 19.5. The Balaban J connectivity index is 1.75. The van der Waals surface area contributed by atoms with Crippen LogP contribution >= 0.6 is 0 Å². The maximum absolute atomic E-state index is 13.6. The molecule has 3 saturated carbocycles. The third-order valence-electron chi connectivity index (χ3n) is 8.73. The van der Waals surface area contributed by atoms with E-state index >= 15 is 0 Å². The molecule has 0 aromatic heterocycles. The van der Waals surface area contributed by atoms with Gasteiger partial charge < -0.3 is 14.6 Å². The van der Waals surface area contributed by atoms with Gasteiger partial charge in [-0.2, -0.15) is 0 Å². The first-order chi connectivity index (χ1) is 12.7. The van der Waals surface area contributed by atoms with E-state index in [1.807, 2.05) is 20.8 Å². The average Bonchev–Trinajstić information content (AvgIpc) is 3.39. The van der Waals surface area contributed by atoms with Gasteiger partial charge in [-0.05, 0) is 43.1 Å². The highest BCUT2D eigenvalue weighted by molar-refractivity contribution is 6.04. The van der Waals surface area contributed by atoms with E-state index in [-0.39, 0.29) is 59.5 Å². The smallest absolute Gasteiger partial charge is 0.306 e. The molecule has 1 aliphatic heterocycles. The lowest BCUT2D eigenvalue weighted by Gasteiger charge is -2.64. The highest BCUT2D eigenvalue weighted by atomic mass is 16.5. The summed E-state index contributed by atoms with van der Waals surface area (Å²) in [5.74, 6) is -1.03. The molecule has 4 fully saturated rings. The van der Waals surface area contributed by atoms with Gasteiger partial charge in [0.25, 0.3) is 0 Å². The monoisotopic (exact) mass is 374 g/mol. The summed E-state index contributed by atoms with van der Waals surface area (Å²) in [6, 6.07) is 0. The Labute approximate surface area is 158 Å². The minimum Gasteiger partial charge on any atom is -0.493 e. The van der Waals surface area contributed by atoms with Gasteiger partial charge in [0, 0.05) is 22.7 Å². The topological polar surface area (TPSA) is 89.9 Å². The fourth-order valence-corrected chi connectivity index (χ4v) is 7.41. The maximum Gasteiger partial charge on any atom is 0.306 e. The molecule has 6 nitrogen and oxygen atoms in total. The lowest BCUT2D eigenvalue weighted by atomic mass is 9.40. The quantitative estimate of drug-likeness (QED) is 0.702. The lowest BCUT2D eigenvalue weighted by molar-refractivity contribution is -0.221. The van der Waals surface area contributed by atoms with E-state index in [1.54, 1.807) is 0 Å². The van der Waals surface area contributed by atoms with Gasteiger partial charge >= 0.3 is 5.97 Å². The van der Waals surface area contributed by atoms with Gasteiger partial charge in [-0.25, -0.2) is 0 Å². The van der Waals surface area contributed by atoms with E-state index in [1.165, 1.54) is 7.11 Å². The molecule has 146 valence electrons. The summed E-state index contributed by atoms with van der Waals surface area (Å²) in [5, 5.41) is 10.6. The number of methoxy groups -OCH3 is 1. The summed E-state index contributed by atoms with van der Waals surface area (Å²) in [6.07, 6.45) is 0.217. The van der Waals surface area contributed by atoms with Crippen LogP contribution in [0.1, 0.15) is 40.0 Å². The second-order valence-corrected chi connectivity index (χ2v) is 9.61. The van der Waals surface area contributed by atoms with Crippen LogP contribution in [0.5, 0.6) is 0 Å². The van der Waals surface area contributed by atoms with Gasteiger partial charge in [-0.3, -0.25) is 14.4 Å². The number of carbonyl (C=O) groups excluding carboxylic acids is 3. The zero-order valence-corrected chi connectivity index (χ0v) is 16.2. The number of ketones is 2. The van der Waals surface area contributed by atoms with Crippen molar-refractivity contribution in [3.05, 3.63) is 11.3 Å². The maximum atomic E-state index is 13.6. The highest BCUT2D eigenvalue weighted by Gasteiger charge is 2.75. The second kappa shape index (κ2) is 5.02. The standard InChI is InChI=1S/C21H26O6/c1-8-11-7-14(22)27-13-6-12-9-5-10(9)15(23)19(25)21(12,3)18(20(11,13)2)16(24)17(8)26-4/h9-13,15,18,23H,5-7H2,1-4H3/t9-,10+,11-,12-,13-,15+,18-,20-,21+/m1/s1. The van der Waals surface area contributed by atoms with E-state index in [0.717, 1.165) is 12.0 Å². The molecule has 4 aliphatic carbocycles. The number of allylic oxidation sites excluding steroid dienone is 2. The normalized spacial score (nSPS) is 53.2. The van der Waals surface area contributed by atoms with E-state index < -0.39 is 22.9 Å². The van der Waals surface area contributed by atoms with Crippen molar-refractivity contribution >= 4 is 17.5 Å². The van der Waals surface area contributed by atoms with Crippen molar-refractivity contribution in [2.24, 2.45) is 40.4 Å². The molecule has 0 aromatic rings. The molecule has 0 aromatic carbocycles. The number of hydrogen-bond donors (Lipinski definition) is 1. The van der Waals surface area contributed by atoms with Crippen LogP contribution in [0.25, 0.3) is 0 Å². The minimum absolute atomic E-state index is 0.00659. The number of Topliss-reactive ketones (excluding diaryl/α,β-unsaturated/α-hetero) is 2. The predicted molar refractivity (Wildman–Crippen MR) is 93.1 cm³/mol. The molecule has 6 heteroatoms. The Morgan fingerprint density at radius 3 is 2.52 bits per heavy atom. The minimum atomic E-state index is -0.994. The largest absolute Gasteiger partial charge is 0.493 e. The molecule has 1 saturated heterocycles. The van der Waals surface area contributed by atoms with Crippen LogP contribution in [0.4, 0.5) is 0 Å². The molecule has 0 unspecified atom stereocenters. The number of rotatable bonds is 1. The van der Waals surface area contributed by atoms with Crippen LogP contribution in [-0.2, 0) is 23.9 Å². The van der Waals surface area contributed by atoms with Crippen LogP contribution in [0.2, 0.25) is 0 Å². The van der Waals surface area contributed by atoms with Gasteiger partial charge in [0.1, 0.15) is 12.2 Å². The van der Waals surface area contributed by atoms with Crippen molar-refractivity contribution < 1.29 is 29.0 Å². The number of aliphatic hydroxyl groups excluding tert-OH is 1. The molecule has 5 aliphatic rings. The van der Waals surface area contributed by atoms with Gasteiger partial charge in [-0.1, -0.05) is 13.8 Å². The molecule has 0 bridgehead atoms. The Kier molecular flexibility index (Phi) is 3.24. The van der Waals surface area contributed by atoms with Crippen molar-refractivity contribution in [1.29, 1.82) is 0 Å². The number of fused-ring (bicyclic) bond motifs is 4. The summed E-state index contributed by atoms with van der Waals surface area (Å²) in [5.41, 5.74) is -0.830. The van der Waals surface area contributed by atoms with Crippen LogP contribution in [-0.4, -0.2) is 42.0 Å². The number of carbonyl (C=O) groups is 3. The van der Waals surface area contributed by atoms with Gasteiger partial charge in [0.05, 0.1) is 13.5 Å². The number of hydrogen-bond acceptors (Lipinski definition) is 6. The zero-order valence-electron chi connectivity index (χ0n) is 16.2. The van der Waals surface area contributed by atoms with Crippen molar-refractivity contribution in [2.45, 2.75) is 52.2 Å². The fraction of sp³-hybridized carbons (Fsp3) is 0.762. The Hall–Kier alpha value is -1.69. The van der Waals surface area contributed by atoms with Gasteiger partial charge in [-0.15, -0.1) is 0 Å². The molecule has 9 atom stereocenters. The Morgan fingerprint density at radius 1 is 1.15 bits per heavy atom. The SMILES string of the molecule is COC1=C(C)[C@H]2CC(=O)O[C@@H]3C[C@@H]4[C@@H]5C[C@@H]5[C@H](O)C(=O)[C@]4(C)[C@H](C1=O)[C@]23C. The number of esters is 1. The first-order valence-corrected chi connectivity index (χ1v) is 9.88. The van der Waals surface area contributed by atoms with Crippen molar-refractivity contribution in [2.75, 3.05) is 7.11 Å².